The zero-order valence-corrected chi connectivity index (χ0v) is 10.3. The molecule has 4 nitrogen and oxygen atoms in total. The number of halogens is 3. The summed E-state index contributed by atoms with van der Waals surface area (Å²) in [6, 6.07) is 4.69. The lowest BCUT2D eigenvalue weighted by Crippen LogP contribution is -2.16. The van der Waals surface area contributed by atoms with Crippen LogP contribution in [0.4, 0.5) is 24.5 Å². The van der Waals surface area contributed by atoms with Gasteiger partial charge in [0.15, 0.2) is 0 Å². The number of hydrogen-bond acceptors (Lipinski definition) is 3. The van der Waals surface area contributed by atoms with Gasteiger partial charge < -0.3 is 16.8 Å². The summed E-state index contributed by atoms with van der Waals surface area (Å²) in [5.74, 6) is -0.634. The Morgan fingerprint density at radius 1 is 1.26 bits per heavy atom. The number of para-hydroxylation sites is 1. The molecule has 0 heterocycles. The van der Waals surface area contributed by atoms with E-state index in [1.54, 1.807) is 12.1 Å². The lowest BCUT2D eigenvalue weighted by atomic mass is 10.1. The Morgan fingerprint density at radius 3 is 2.53 bits per heavy atom. The van der Waals surface area contributed by atoms with Gasteiger partial charge >= 0.3 is 6.18 Å². The predicted molar refractivity (Wildman–Crippen MR) is 67.8 cm³/mol. The zero-order valence-electron chi connectivity index (χ0n) is 10.3. The number of anilines is 2. The molecule has 5 N–H and O–H groups in total. The lowest BCUT2D eigenvalue weighted by Gasteiger charge is -2.13. The lowest BCUT2D eigenvalue weighted by molar-refractivity contribution is -0.135. The number of primary amides is 1. The third kappa shape index (κ3) is 5.07. The van der Waals surface area contributed by atoms with Crippen LogP contribution in [-0.4, -0.2) is 18.6 Å². The van der Waals surface area contributed by atoms with E-state index in [4.69, 9.17) is 11.5 Å². The molecule has 1 aromatic carbocycles. The average Bonchev–Trinajstić information content (AvgIpc) is 2.28. The van der Waals surface area contributed by atoms with E-state index in [2.05, 4.69) is 5.32 Å². The van der Waals surface area contributed by atoms with Crippen LogP contribution in [0.1, 0.15) is 29.6 Å². The number of unbranched alkanes of at least 4 members (excludes halogenated alkanes) is 1. The van der Waals surface area contributed by atoms with Crippen LogP contribution in [0.3, 0.4) is 0 Å². The molecular formula is C12H16F3N3O. The van der Waals surface area contributed by atoms with Crippen LogP contribution in [0, 0.1) is 0 Å². The highest BCUT2D eigenvalue weighted by Crippen LogP contribution is 2.24. The minimum absolute atomic E-state index is 0.0230. The fraction of sp³-hybridized carbons (Fsp3) is 0.417. The van der Waals surface area contributed by atoms with Crippen LogP contribution >= 0.6 is 0 Å². The maximum absolute atomic E-state index is 11.9. The van der Waals surface area contributed by atoms with Crippen molar-refractivity contribution in [3.63, 3.8) is 0 Å². The first-order valence-electron chi connectivity index (χ1n) is 5.80. The summed E-state index contributed by atoms with van der Waals surface area (Å²) < 4.78 is 35.8. The Labute approximate surface area is 109 Å². The van der Waals surface area contributed by atoms with Gasteiger partial charge in [0.05, 0.1) is 16.9 Å². The van der Waals surface area contributed by atoms with Crippen LogP contribution in [0.2, 0.25) is 0 Å². The standard InChI is InChI=1S/C12H16F3N3O/c13-12(14,15)6-1-2-7-18-10-8(11(17)19)4-3-5-9(10)16/h3-5,18H,1-2,6-7,16H2,(H2,17,19). The highest BCUT2D eigenvalue weighted by atomic mass is 19.4. The first-order chi connectivity index (χ1) is 8.81. The van der Waals surface area contributed by atoms with Crippen molar-refractivity contribution in [3.8, 4) is 0 Å². The second-order valence-electron chi connectivity index (χ2n) is 4.13. The molecule has 1 aromatic rings. The molecule has 0 aliphatic carbocycles. The first kappa shape index (κ1) is 15.1. The minimum atomic E-state index is -4.13. The van der Waals surface area contributed by atoms with Gasteiger partial charge in [0, 0.05) is 13.0 Å². The van der Waals surface area contributed by atoms with Gasteiger partial charge in [-0.1, -0.05) is 6.07 Å². The quantitative estimate of drug-likeness (QED) is 0.551. The van der Waals surface area contributed by atoms with Gasteiger partial charge in [0.1, 0.15) is 0 Å². The number of nitrogen functional groups attached to an aromatic ring is 1. The smallest absolute Gasteiger partial charge is 0.389 e. The maximum atomic E-state index is 11.9. The molecule has 0 spiro atoms. The van der Waals surface area contributed by atoms with Crippen LogP contribution < -0.4 is 16.8 Å². The number of benzene rings is 1. The number of nitrogens with two attached hydrogens (primary N) is 2. The maximum Gasteiger partial charge on any atom is 0.389 e. The summed E-state index contributed by atoms with van der Waals surface area (Å²) in [6.07, 6.45) is -4.60. The predicted octanol–water partition coefficient (Wildman–Crippen LogP) is 2.51. The van der Waals surface area contributed by atoms with Gasteiger partial charge in [-0.2, -0.15) is 13.2 Å². The Morgan fingerprint density at radius 2 is 1.95 bits per heavy atom. The Kier molecular flexibility index (Phi) is 5.02. The van der Waals surface area contributed by atoms with E-state index < -0.39 is 18.5 Å². The van der Waals surface area contributed by atoms with Crippen LogP contribution in [0.5, 0.6) is 0 Å². The Balaban J connectivity index is 2.52. The van der Waals surface area contributed by atoms with E-state index in [1.165, 1.54) is 6.07 Å². The van der Waals surface area contributed by atoms with Crippen LogP contribution in [0.25, 0.3) is 0 Å². The molecule has 7 heteroatoms. The van der Waals surface area contributed by atoms with E-state index in [-0.39, 0.29) is 12.0 Å². The molecule has 1 amide bonds. The van der Waals surface area contributed by atoms with Crippen molar-refractivity contribution in [2.45, 2.75) is 25.4 Å². The van der Waals surface area contributed by atoms with E-state index in [0.29, 0.717) is 24.3 Å². The van der Waals surface area contributed by atoms with Gasteiger partial charge in [-0.25, -0.2) is 0 Å². The van der Waals surface area contributed by atoms with Crippen molar-refractivity contribution in [2.24, 2.45) is 5.73 Å². The Bertz CT molecular complexity index is 446. The number of carbonyl (C=O) groups excluding carboxylic acids is 1. The monoisotopic (exact) mass is 275 g/mol. The van der Waals surface area contributed by atoms with Crippen molar-refractivity contribution in [1.82, 2.24) is 0 Å². The third-order valence-electron chi connectivity index (χ3n) is 2.55. The highest BCUT2D eigenvalue weighted by molar-refractivity contribution is 6.01. The minimum Gasteiger partial charge on any atom is -0.397 e. The van der Waals surface area contributed by atoms with Gasteiger partial charge in [-0.3, -0.25) is 4.79 Å². The molecule has 0 saturated carbocycles. The topological polar surface area (TPSA) is 81.1 Å². The van der Waals surface area contributed by atoms with E-state index in [0.717, 1.165) is 0 Å². The molecule has 0 saturated heterocycles. The molecule has 0 radical (unpaired) electrons. The molecular weight excluding hydrogens is 259 g/mol. The van der Waals surface area contributed by atoms with Crippen molar-refractivity contribution >= 4 is 17.3 Å². The molecule has 0 atom stereocenters. The fourth-order valence-electron chi connectivity index (χ4n) is 1.64. The average molecular weight is 275 g/mol. The molecule has 0 aliphatic rings. The van der Waals surface area contributed by atoms with E-state index in [9.17, 15) is 18.0 Å². The largest absolute Gasteiger partial charge is 0.397 e. The summed E-state index contributed by atoms with van der Waals surface area (Å²) in [4.78, 5) is 11.2. The molecule has 0 unspecified atom stereocenters. The third-order valence-corrected chi connectivity index (χ3v) is 2.55. The first-order valence-corrected chi connectivity index (χ1v) is 5.80. The number of amides is 1. The number of rotatable bonds is 6. The van der Waals surface area contributed by atoms with Crippen LogP contribution in [0.15, 0.2) is 18.2 Å². The van der Waals surface area contributed by atoms with Crippen molar-refractivity contribution in [3.05, 3.63) is 23.8 Å². The molecule has 1 rings (SSSR count). The molecule has 106 valence electrons. The Hall–Kier alpha value is -1.92. The zero-order chi connectivity index (χ0) is 14.5. The molecule has 19 heavy (non-hydrogen) atoms. The highest BCUT2D eigenvalue weighted by Gasteiger charge is 2.25. The summed E-state index contributed by atoms with van der Waals surface area (Å²) in [7, 11) is 0. The molecule has 0 fully saturated rings. The summed E-state index contributed by atoms with van der Waals surface area (Å²) in [5, 5.41) is 2.86. The van der Waals surface area contributed by atoms with Crippen molar-refractivity contribution < 1.29 is 18.0 Å². The van der Waals surface area contributed by atoms with Crippen LogP contribution in [-0.2, 0) is 0 Å². The SMILES string of the molecule is NC(=O)c1cccc(N)c1NCCCCC(F)(F)F. The van der Waals surface area contributed by atoms with E-state index in [1.807, 2.05) is 0 Å². The van der Waals surface area contributed by atoms with Gasteiger partial charge in [-0.05, 0) is 25.0 Å². The number of nitrogens with one attached hydrogen (secondary N) is 1. The number of alkyl halides is 3. The van der Waals surface area contributed by atoms with Gasteiger partial charge in [0.25, 0.3) is 5.91 Å². The number of carbonyl (C=O) groups is 1. The normalized spacial score (nSPS) is 11.3. The van der Waals surface area contributed by atoms with Gasteiger partial charge in [0.2, 0.25) is 0 Å². The molecule has 0 aromatic heterocycles. The fourth-order valence-corrected chi connectivity index (χ4v) is 1.64. The number of hydrogen-bond donors (Lipinski definition) is 3. The molecule has 0 aliphatic heterocycles. The van der Waals surface area contributed by atoms with Crippen molar-refractivity contribution in [1.29, 1.82) is 0 Å². The second-order valence-corrected chi connectivity index (χ2v) is 4.13. The summed E-state index contributed by atoms with van der Waals surface area (Å²) >= 11 is 0. The summed E-state index contributed by atoms with van der Waals surface area (Å²) in [6.45, 7) is 0.296. The van der Waals surface area contributed by atoms with Crippen molar-refractivity contribution in [2.75, 3.05) is 17.6 Å². The van der Waals surface area contributed by atoms with E-state index >= 15 is 0 Å². The van der Waals surface area contributed by atoms with Gasteiger partial charge in [-0.15, -0.1) is 0 Å². The molecule has 0 bridgehead atoms. The second kappa shape index (κ2) is 6.31. The summed E-state index contributed by atoms with van der Waals surface area (Å²) in [5.41, 5.74) is 11.8.